The molecule has 23 heavy (non-hydrogen) atoms. The number of hydrogen-bond donors (Lipinski definition) is 1. The zero-order valence-electron chi connectivity index (χ0n) is 13.4. The van der Waals surface area contributed by atoms with Crippen LogP contribution in [0.1, 0.15) is 38.2 Å². The molecule has 0 aliphatic heterocycles. The summed E-state index contributed by atoms with van der Waals surface area (Å²) in [7, 11) is 0. The number of aromatic nitrogens is 1. The van der Waals surface area contributed by atoms with Crippen molar-refractivity contribution >= 4 is 23.2 Å². The minimum absolute atomic E-state index is 0.130. The van der Waals surface area contributed by atoms with Gasteiger partial charge in [0.15, 0.2) is 12.4 Å². The predicted octanol–water partition coefficient (Wildman–Crippen LogP) is 4.31. The summed E-state index contributed by atoms with van der Waals surface area (Å²) in [6, 6.07) is 8.24. The second kappa shape index (κ2) is 8.06. The van der Waals surface area contributed by atoms with Gasteiger partial charge in [-0.05, 0) is 42.5 Å². The third-order valence-corrected chi connectivity index (χ3v) is 4.14. The Bertz CT molecular complexity index is 669. The molecule has 1 aromatic heterocycles. The number of halogens is 2. The Hall–Kier alpha value is -1.94. The lowest BCUT2D eigenvalue weighted by Gasteiger charge is -2.11. The molecule has 0 saturated carbocycles. The number of nitrogens with zero attached hydrogens (tertiary/aromatic N) is 1. The van der Waals surface area contributed by atoms with Crippen LogP contribution < -0.4 is 9.88 Å². The fraction of sp³-hybridized carbons (Fsp3) is 0.333. The molecule has 5 heteroatoms. The lowest BCUT2D eigenvalue weighted by molar-refractivity contribution is -0.684. The molecule has 0 bridgehead atoms. The molecule has 0 aliphatic rings. The zero-order valence-corrected chi connectivity index (χ0v) is 14.1. The van der Waals surface area contributed by atoms with Gasteiger partial charge < -0.3 is 5.32 Å². The maximum Gasteiger partial charge on any atom is 0.290 e. The van der Waals surface area contributed by atoms with Crippen molar-refractivity contribution in [2.75, 3.05) is 5.32 Å². The van der Waals surface area contributed by atoms with E-state index in [9.17, 15) is 9.18 Å². The van der Waals surface area contributed by atoms with Gasteiger partial charge in [-0.2, -0.15) is 4.57 Å². The van der Waals surface area contributed by atoms with E-state index < -0.39 is 5.82 Å². The van der Waals surface area contributed by atoms with E-state index in [1.807, 2.05) is 24.5 Å². The molecule has 0 radical (unpaired) electrons. The second-order valence-corrected chi connectivity index (χ2v) is 5.93. The van der Waals surface area contributed by atoms with Gasteiger partial charge in [-0.3, -0.25) is 4.79 Å². The van der Waals surface area contributed by atoms with Gasteiger partial charge in [-0.15, -0.1) is 0 Å². The average molecular weight is 336 g/mol. The minimum atomic E-state index is -0.542. The van der Waals surface area contributed by atoms with Crippen LogP contribution in [-0.2, 0) is 11.3 Å². The first-order valence-electron chi connectivity index (χ1n) is 7.77. The van der Waals surface area contributed by atoms with Crippen LogP contribution >= 0.6 is 11.6 Å². The van der Waals surface area contributed by atoms with Crippen molar-refractivity contribution in [3.63, 3.8) is 0 Å². The number of rotatable bonds is 6. The number of nitrogens with one attached hydrogen (secondary N) is 1. The molecule has 0 unspecified atom stereocenters. The van der Waals surface area contributed by atoms with Crippen LogP contribution in [0.15, 0.2) is 42.7 Å². The van der Waals surface area contributed by atoms with Gasteiger partial charge in [0, 0.05) is 17.2 Å². The number of anilines is 1. The number of hydrogen-bond acceptors (Lipinski definition) is 1. The standard InChI is InChI=1S/C18H20ClFN2O/c1-3-13(4-2)14-7-9-22(10-8-14)12-18(23)21-17-6-5-15(19)11-16(17)20/h5-11,13H,3-4,12H2,1-2H3/p+1. The average Bonchev–Trinajstić information content (AvgIpc) is 2.53. The lowest BCUT2D eigenvalue weighted by Crippen LogP contribution is -2.39. The van der Waals surface area contributed by atoms with Crippen molar-refractivity contribution in [3.8, 4) is 0 Å². The van der Waals surface area contributed by atoms with Crippen molar-refractivity contribution in [2.24, 2.45) is 0 Å². The lowest BCUT2D eigenvalue weighted by atomic mass is 9.95. The molecular weight excluding hydrogens is 315 g/mol. The normalized spacial score (nSPS) is 10.8. The zero-order chi connectivity index (χ0) is 16.8. The van der Waals surface area contributed by atoms with Gasteiger partial charge in [0.25, 0.3) is 5.91 Å². The van der Waals surface area contributed by atoms with E-state index in [4.69, 9.17) is 11.6 Å². The summed E-state index contributed by atoms with van der Waals surface area (Å²) < 4.78 is 15.4. The molecule has 1 aromatic carbocycles. The molecule has 0 fully saturated rings. The van der Waals surface area contributed by atoms with Gasteiger partial charge in [-0.25, -0.2) is 4.39 Å². The molecule has 1 heterocycles. The number of carbonyl (C=O) groups excluding carboxylic acids is 1. The van der Waals surface area contributed by atoms with Crippen molar-refractivity contribution in [1.29, 1.82) is 0 Å². The Kier molecular flexibility index (Phi) is 6.11. The Morgan fingerprint density at radius 1 is 1.22 bits per heavy atom. The van der Waals surface area contributed by atoms with E-state index in [2.05, 4.69) is 19.2 Å². The fourth-order valence-electron chi connectivity index (χ4n) is 2.55. The van der Waals surface area contributed by atoms with Gasteiger partial charge in [0.1, 0.15) is 5.82 Å². The summed E-state index contributed by atoms with van der Waals surface area (Å²) in [5, 5.41) is 2.85. The van der Waals surface area contributed by atoms with Crippen LogP contribution in [0.2, 0.25) is 5.02 Å². The van der Waals surface area contributed by atoms with E-state index in [-0.39, 0.29) is 18.1 Å². The van der Waals surface area contributed by atoms with Gasteiger partial charge >= 0.3 is 0 Å². The van der Waals surface area contributed by atoms with E-state index >= 15 is 0 Å². The van der Waals surface area contributed by atoms with Crippen LogP contribution in [0.25, 0.3) is 0 Å². The minimum Gasteiger partial charge on any atom is -0.318 e. The van der Waals surface area contributed by atoms with E-state index in [1.54, 1.807) is 4.57 Å². The summed E-state index contributed by atoms with van der Waals surface area (Å²) in [6.45, 7) is 4.47. The Morgan fingerprint density at radius 2 is 1.87 bits per heavy atom. The molecule has 3 nitrogen and oxygen atoms in total. The number of carbonyl (C=O) groups is 1. The summed E-state index contributed by atoms with van der Waals surface area (Å²) in [5.74, 6) is -0.284. The van der Waals surface area contributed by atoms with E-state index in [1.165, 1.54) is 23.8 Å². The first-order valence-corrected chi connectivity index (χ1v) is 8.15. The topological polar surface area (TPSA) is 33.0 Å². The van der Waals surface area contributed by atoms with E-state index in [0.717, 1.165) is 12.8 Å². The fourth-order valence-corrected chi connectivity index (χ4v) is 2.71. The quantitative estimate of drug-likeness (QED) is 0.784. The van der Waals surface area contributed by atoms with Crippen molar-refractivity contribution in [1.82, 2.24) is 0 Å². The Balaban J connectivity index is 2.00. The Morgan fingerprint density at radius 3 is 2.43 bits per heavy atom. The predicted molar refractivity (Wildman–Crippen MR) is 90.0 cm³/mol. The third-order valence-electron chi connectivity index (χ3n) is 3.91. The summed E-state index contributed by atoms with van der Waals surface area (Å²) in [5.41, 5.74) is 1.41. The van der Waals surface area contributed by atoms with Crippen molar-refractivity contribution < 1.29 is 13.8 Å². The van der Waals surface area contributed by atoms with Crippen LogP contribution in [-0.4, -0.2) is 5.91 Å². The van der Waals surface area contributed by atoms with Crippen molar-refractivity contribution in [3.05, 3.63) is 59.1 Å². The van der Waals surface area contributed by atoms with Crippen LogP contribution in [0.4, 0.5) is 10.1 Å². The monoisotopic (exact) mass is 335 g/mol. The SMILES string of the molecule is CCC(CC)c1cc[n+](CC(=O)Nc2ccc(Cl)cc2F)cc1. The highest BCUT2D eigenvalue weighted by molar-refractivity contribution is 6.30. The largest absolute Gasteiger partial charge is 0.318 e. The molecule has 2 aromatic rings. The van der Waals surface area contributed by atoms with E-state index in [0.29, 0.717) is 10.9 Å². The maximum atomic E-state index is 13.7. The number of benzene rings is 1. The number of pyridine rings is 1. The highest BCUT2D eigenvalue weighted by atomic mass is 35.5. The molecule has 1 amide bonds. The number of amides is 1. The van der Waals surface area contributed by atoms with Gasteiger partial charge in [0.05, 0.1) is 5.69 Å². The molecule has 0 aliphatic carbocycles. The summed E-state index contributed by atoms with van der Waals surface area (Å²) in [6.07, 6.45) is 5.95. The Labute approximate surface area is 141 Å². The van der Waals surface area contributed by atoms with Crippen molar-refractivity contribution in [2.45, 2.75) is 39.2 Å². The second-order valence-electron chi connectivity index (χ2n) is 5.49. The summed E-state index contributed by atoms with van der Waals surface area (Å²) in [4.78, 5) is 12.0. The smallest absolute Gasteiger partial charge is 0.290 e. The molecule has 2 rings (SSSR count). The highest BCUT2D eigenvalue weighted by Crippen LogP contribution is 2.21. The molecule has 122 valence electrons. The van der Waals surface area contributed by atoms with Gasteiger partial charge in [0.2, 0.25) is 6.54 Å². The third kappa shape index (κ3) is 4.76. The molecule has 0 atom stereocenters. The van der Waals surface area contributed by atoms with Crippen LogP contribution in [0, 0.1) is 5.82 Å². The van der Waals surface area contributed by atoms with Gasteiger partial charge in [-0.1, -0.05) is 25.4 Å². The molecule has 0 spiro atoms. The first-order chi connectivity index (χ1) is 11.0. The van der Waals surface area contributed by atoms with Crippen LogP contribution in [0.3, 0.4) is 0 Å². The molecular formula is C18H21ClFN2O+. The summed E-state index contributed by atoms with van der Waals surface area (Å²) >= 11 is 5.69. The highest BCUT2D eigenvalue weighted by Gasteiger charge is 2.14. The molecule has 1 N–H and O–H groups in total. The molecule has 0 saturated heterocycles. The van der Waals surface area contributed by atoms with Crippen LogP contribution in [0.5, 0.6) is 0 Å². The first kappa shape index (κ1) is 17.4. The maximum absolute atomic E-state index is 13.7.